The van der Waals surface area contributed by atoms with E-state index in [4.69, 9.17) is 5.26 Å². The second-order valence-electron chi connectivity index (χ2n) is 5.45. The number of rotatable bonds is 5. The Balaban J connectivity index is 2.21. The monoisotopic (exact) mass is 343 g/mol. The number of carbonyl (C=O) groups excluding carboxylic acids is 1. The minimum Gasteiger partial charge on any atom is -0.322 e. The highest BCUT2D eigenvalue weighted by atomic mass is 32.2. The number of carbonyl (C=O) groups is 1. The van der Waals surface area contributed by atoms with Gasteiger partial charge in [0.25, 0.3) is 5.91 Å². The van der Waals surface area contributed by atoms with Crippen LogP contribution < -0.4 is 10.0 Å². The molecule has 0 radical (unpaired) electrons. The van der Waals surface area contributed by atoms with Gasteiger partial charge in [0, 0.05) is 17.3 Å². The Labute approximate surface area is 141 Å². The number of benzene rings is 2. The van der Waals surface area contributed by atoms with Crippen LogP contribution in [0.15, 0.2) is 53.4 Å². The Bertz CT molecular complexity index is 882. The Hall–Kier alpha value is -2.69. The fraction of sp³-hybridized carbons (Fsp3) is 0.176. The lowest BCUT2D eigenvalue weighted by Crippen LogP contribution is -2.30. The van der Waals surface area contributed by atoms with Gasteiger partial charge in [-0.1, -0.05) is 6.07 Å². The van der Waals surface area contributed by atoms with Gasteiger partial charge in [0.2, 0.25) is 10.0 Å². The molecular formula is C17H17N3O3S. The van der Waals surface area contributed by atoms with Crippen molar-refractivity contribution in [2.45, 2.75) is 24.8 Å². The second kappa shape index (κ2) is 7.25. The van der Waals surface area contributed by atoms with Gasteiger partial charge in [-0.15, -0.1) is 0 Å². The summed E-state index contributed by atoms with van der Waals surface area (Å²) >= 11 is 0. The lowest BCUT2D eigenvalue weighted by atomic mass is 10.2. The van der Waals surface area contributed by atoms with Gasteiger partial charge < -0.3 is 5.32 Å². The molecule has 0 bridgehead atoms. The molecule has 2 aromatic carbocycles. The Kier molecular flexibility index (Phi) is 5.34. The molecule has 6 nitrogen and oxygen atoms in total. The van der Waals surface area contributed by atoms with E-state index in [1.807, 2.05) is 6.07 Å². The Morgan fingerprint density at radius 3 is 2.38 bits per heavy atom. The van der Waals surface area contributed by atoms with Crippen molar-refractivity contribution in [2.75, 3.05) is 5.32 Å². The van der Waals surface area contributed by atoms with Crippen molar-refractivity contribution in [3.8, 4) is 6.07 Å². The smallest absolute Gasteiger partial charge is 0.255 e. The fourth-order valence-corrected chi connectivity index (χ4v) is 3.31. The summed E-state index contributed by atoms with van der Waals surface area (Å²) in [7, 11) is -3.66. The van der Waals surface area contributed by atoms with Crippen molar-refractivity contribution in [2.24, 2.45) is 0 Å². The molecule has 1 amide bonds. The number of anilines is 1. The highest BCUT2D eigenvalue weighted by molar-refractivity contribution is 7.89. The third-order valence-electron chi connectivity index (χ3n) is 3.07. The molecule has 0 saturated heterocycles. The summed E-state index contributed by atoms with van der Waals surface area (Å²) in [5.41, 5.74) is 1.24. The lowest BCUT2D eigenvalue weighted by molar-refractivity contribution is 0.102. The third-order valence-corrected chi connectivity index (χ3v) is 4.73. The molecule has 2 rings (SSSR count). The SMILES string of the molecule is CC(C)NS(=O)(=O)c1cccc(C(=O)Nc2ccc(C#N)cc2)c1. The van der Waals surface area contributed by atoms with E-state index in [9.17, 15) is 13.2 Å². The number of nitrogens with zero attached hydrogens (tertiary/aromatic N) is 1. The first-order chi connectivity index (χ1) is 11.3. The van der Waals surface area contributed by atoms with E-state index in [-0.39, 0.29) is 16.5 Å². The summed E-state index contributed by atoms with van der Waals surface area (Å²) in [6, 6.07) is 13.9. The Morgan fingerprint density at radius 1 is 1.12 bits per heavy atom. The highest BCUT2D eigenvalue weighted by Gasteiger charge is 2.17. The third kappa shape index (κ3) is 4.41. The molecule has 0 aliphatic heterocycles. The molecule has 0 fully saturated rings. The van der Waals surface area contributed by atoms with Crippen LogP contribution in [0.1, 0.15) is 29.8 Å². The molecule has 2 aromatic rings. The van der Waals surface area contributed by atoms with Crippen LogP contribution in [0.2, 0.25) is 0 Å². The summed E-state index contributed by atoms with van der Waals surface area (Å²) in [4.78, 5) is 12.3. The molecule has 7 heteroatoms. The molecule has 0 aromatic heterocycles. The van der Waals surface area contributed by atoms with Gasteiger partial charge in [0.1, 0.15) is 0 Å². The van der Waals surface area contributed by atoms with Gasteiger partial charge in [0.15, 0.2) is 0 Å². The summed E-state index contributed by atoms with van der Waals surface area (Å²) in [5, 5.41) is 11.4. The Morgan fingerprint density at radius 2 is 1.79 bits per heavy atom. The molecule has 0 unspecified atom stereocenters. The highest BCUT2D eigenvalue weighted by Crippen LogP contribution is 2.15. The van der Waals surface area contributed by atoms with Crippen molar-refractivity contribution < 1.29 is 13.2 Å². The van der Waals surface area contributed by atoms with Gasteiger partial charge in [-0.2, -0.15) is 5.26 Å². The summed E-state index contributed by atoms with van der Waals surface area (Å²) in [6.45, 7) is 3.44. The zero-order chi connectivity index (χ0) is 17.7. The minimum absolute atomic E-state index is 0.0312. The average Bonchev–Trinajstić information content (AvgIpc) is 2.54. The van der Waals surface area contributed by atoms with Crippen molar-refractivity contribution in [1.29, 1.82) is 5.26 Å². The first-order valence-corrected chi connectivity index (χ1v) is 8.74. The summed E-state index contributed by atoms with van der Waals surface area (Å²) < 4.78 is 26.8. The molecule has 0 spiro atoms. The van der Waals surface area contributed by atoms with Crippen molar-refractivity contribution in [1.82, 2.24) is 4.72 Å². The van der Waals surface area contributed by atoms with Crippen LogP contribution in [-0.2, 0) is 10.0 Å². The topological polar surface area (TPSA) is 99.1 Å². The average molecular weight is 343 g/mol. The van der Waals surface area contributed by atoms with Crippen LogP contribution in [0.5, 0.6) is 0 Å². The molecule has 0 atom stereocenters. The number of amides is 1. The van der Waals surface area contributed by atoms with Gasteiger partial charge in [-0.25, -0.2) is 13.1 Å². The standard InChI is InChI=1S/C17H17N3O3S/c1-12(2)20-24(22,23)16-5-3-4-14(10-16)17(21)19-15-8-6-13(11-18)7-9-15/h3-10,12,20H,1-2H3,(H,19,21). The van der Waals surface area contributed by atoms with E-state index in [0.717, 1.165) is 0 Å². The predicted octanol–water partition coefficient (Wildman–Crippen LogP) is 2.50. The normalized spacial score (nSPS) is 11.1. The first-order valence-electron chi connectivity index (χ1n) is 7.26. The molecule has 0 aliphatic rings. The first kappa shape index (κ1) is 17.7. The predicted molar refractivity (Wildman–Crippen MR) is 91.0 cm³/mol. The van der Waals surface area contributed by atoms with Gasteiger partial charge >= 0.3 is 0 Å². The van der Waals surface area contributed by atoms with Crippen LogP contribution in [0, 0.1) is 11.3 Å². The number of hydrogen-bond acceptors (Lipinski definition) is 4. The number of sulfonamides is 1. The number of hydrogen-bond donors (Lipinski definition) is 2. The van der Waals surface area contributed by atoms with E-state index in [1.54, 1.807) is 38.1 Å². The fourth-order valence-electron chi connectivity index (χ4n) is 2.01. The van der Waals surface area contributed by atoms with Crippen LogP contribution in [0.4, 0.5) is 5.69 Å². The van der Waals surface area contributed by atoms with E-state index < -0.39 is 15.9 Å². The van der Waals surface area contributed by atoms with E-state index in [2.05, 4.69) is 10.0 Å². The molecule has 2 N–H and O–H groups in total. The summed E-state index contributed by atoms with van der Waals surface area (Å²) in [6.07, 6.45) is 0. The van der Waals surface area contributed by atoms with Gasteiger partial charge in [-0.3, -0.25) is 4.79 Å². The van der Waals surface area contributed by atoms with Crippen molar-refractivity contribution in [3.63, 3.8) is 0 Å². The van der Waals surface area contributed by atoms with Crippen LogP contribution in [0.3, 0.4) is 0 Å². The van der Waals surface area contributed by atoms with E-state index in [1.165, 1.54) is 24.3 Å². The van der Waals surface area contributed by atoms with E-state index in [0.29, 0.717) is 11.3 Å². The minimum atomic E-state index is -3.66. The lowest BCUT2D eigenvalue weighted by Gasteiger charge is -2.11. The maximum absolute atomic E-state index is 12.3. The second-order valence-corrected chi connectivity index (χ2v) is 7.16. The quantitative estimate of drug-likeness (QED) is 0.871. The van der Waals surface area contributed by atoms with Gasteiger partial charge in [-0.05, 0) is 56.3 Å². The zero-order valence-corrected chi connectivity index (χ0v) is 14.1. The van der Waals surface area contributed by atoms with Crippen LogP contribution >= 0.6 is 0 Å². The van der Waals surface area contributed by atoms with Crippen molar-refractivity contribution >= 4 is 21.6 Å². The number of nitrogens with one attached hydrogen (secondary N) is 2. The number of nitriles is 1. The molecule has 0 saturated carbocycles. The largest absolute Gasteiger partial charge is 0.322 e. The summed E-state index contributed by atoms with van der Waals surface area (Å²) in [5.74, 6) is -0.429. The molecular weight excluding hydrogens is 326 g/mol. The molecule has 0 aliphatic carbocycles. The molecule has 24 heavy (non-hydrogen) atoms. The molecule has 0 heterocycles. The molecule has 124 valence electrons. The van der Waals surface area contributed by atoms with Gasteiger partial charge in [0.05, 0.1) is 16.5 Å². The van der Waals surface area contributed by atoms with E-state index >= 15 is 0 Å². The van der Waals surface area contributed by atoms with Crippen molar-refractivity contribution in [3.05, 3.63) is 59.7 Å². The van der Waals surface area contributed by atoms with Crippen LogP contribution in [0.25, 0.3) is 0 Å². The zero-order valence-electron chi connectivity index (χ0n) is 13.3. The van der Waals surface area contributed by atoms with Crippen LogP contribution in [-0.4, -0.2) is 20.4 Å². The maximum atomic E-state index is 12.3. The maximum Gasteiger partial charge on any atom is 0.255 e.